The van der Waals surface area contributed by atoms with Crippen molar-refractivity contribution in [1.29, 1.82) is 0 Å². The quantitative estimate of drug-likeness (QED) is 0.829. The van der Waals surface area contributed by atoms with Crippen LogP contribution in [0.1, 0.15) is 47.0 Å². The molecular weight excluding hydrogens is 246 g/mol. The summed E-state index contributed by atoms with van der Waals surface area (Å²) in [6, 6.07) is 0. The second-order valence-electron chi connectivity index (χ2n) is 6.02. The molecule has 5 nitrogen and oxygen atoms in total. The third kappa shape index (κ3) is 4.20. The summed E-state index contributed by atoms with van der Waals surface area (Å²) in [6.45, 7) is 8.68. The van der Waals surface area contributed by atoms with Gasteiger partial charge >= 0.3 is 5.97 Å². The zero-order valence-electron chi connectivity index (χ0n) is 12.3. The molecule has 0 spiro atoms. The normalized spacial score (nSPS) is 23.4. The van der Waals surface area contributed by atoms with Crippen molar-refractivity contribution in [2.24, 2.45) is 5.92 Å². The number of carboxylic acids is 1. The minimum atomic E-state index is -0.878. The van der Waals surface area contributed by atoms with Crippen LogP contribution >= 0.6 is 0 Å². The summed E-state index contributed by atoms with van der Waals surface area (Å²) in [7, 11) is 0. The number of carbonyl (C=O) groups is 2. The number of rotatable bonds is 5. The number of aliphatic carboxylic acids is 1. The molecule has 2 atom stereocenters. The molecule has 1 amide bonds. The number of hydrogen-bond acceptors (Lipinski definition) is 3. The van der Waals surface area contributed by atoms with Crippen LogP contribution in [0.4, 0.5) is 0 Å². The topological polar surface area (TPSA) is 66.8 Å². The maximum Gasteiger partial charge on any atom is 0.305 e. The Morgan fingerprint density at radius 2 is 2.00 bits per heavy atom. The van der Waals surface area contributed by atoms with Crippen LogP contribution < -0.4 is 0 Å². The maximum absolute atomic E-state index is 12.6. The van der Waals surface area contributed by atoms with Crippen molar-refractivity contribution < 1.29 is 19.4 Å². The largest absolute Gasteiger partial charge is 0.481 e. The first-order valence-corrected chi connectivity index (χ1v) is 6.92. The Labute approximate surface area is 114 Å². The first-order valence-electron chi connectivity index (χ1n) is 6.92. The Morgan fingerprint density at radius 1 is 1.37 bits per heavy atom. The molecule has 0 bridgehead atoms. The van der Waals surface area contributed by atoms with E-state index in [1.165, 1.54) is 0 Å². The predicted octanol–water partition coefficient (Wildman–Crippen LogP) is 1.90. The second kappa shape index (κ2) is 6.37. The van der Waals surface area contributed by atoms with Crippen LogP contribution in [-0.4, -0.2) is 46.7 Å². The molecule has 1 aliphatic rings. The van der Waals surface area contributed by atoms with Crippen molar-refractivity contribution in [2.45, 2.75) is 58.6 Å². The van der Waals surface area contributed by atoms with Crippen LogP contribution in [0.3, 0.4) is 0 Å². The predicted molar refractivity (Wildman–Crippen MR) is 71.9 cm³/mol. The average Bonchev–Trinajstić information content (AvgIpc) is 2.74. The lowest BCUT2D eigenvalue weighted by Gasteiger charge is -2.38. The lowest BCUT2D eigenvalue weighted by Crippen LogP contribution is -2.50. The van der Waals surface area contributed by atoms with Gasteiger partial charge in [-0.1, -0.05) is 6.92 Å². The fraction of sp³-hybridized carbons (Fsp3) is 0.857. The molecule has 1 rings (SSSR count). The smallest absolute Gasteiger partial charge is 0.305 e. The van der Waals surface area contributed by atoms with E-state index in [4.69, 9.17) is 9.84 Å². The number of hydrogen-bond donors (Lipinski definition) is 1. The molecule has 1 heterocycles. The van der Waals surface area contributed by atoms with Gasteiger partial charge in [0.1, 0.15) is 0 Å². The number of nitrogens with zero attached hydrogens (tertiary/aromatic N) is 1. The Morgan fingerprint density at radius 3 is 2.47 bits per heavy atom. The van der Waals surface area contributed by atoms with Crippen LogP contribution in [0.25, 0.3) is 0 Å². The summed E-state index contributed by atoms with van der Waals surface area (Å²) in [5.74, 6) is -0.979. The van der Waals surface area contributed by atoms with Gasteiger partial charge in [-0.05, 0) is 33.6 Å². The maximum atomic E-state index is 12.6. The highest BCUT2D eigenvalue weighted by molar-refractivity contribution is 5.81. The third-order valence-corrected chi connectivity index (χ3v) is 3.55. The highest BCUT2D eigenvalue weighted by Gasteiger charge is 2.38. The monoisotopic (exact) mass is 271 g/mol. The highest BCUT2D eigenvalue weighted by Crippen LogP contribution is 2.28. The average molecular weight is 271 g/mol. The van der Waals surface area contributed by atoms with Crippen LogP contribution in [0.2, 0.25) is 0 Å². The summed E-state index contributed by atoms with van der Waals surface area (Å²) in [5, 5.41) is 8.81. The van der Waals surface area contributed by atoms with E-state index in [2.05, 4.69) is 0 Å². The van der Waals surface area contributed by atoms with Gasteiger partial charge in [-0.15, -0.1) is 0 Å². The molecule has 0 saturated carbocycles. The van der Waals surface area contributed by atoms with Gasteiger partial charge in [0.05, 0.1) is 18.4 Å². The summed E-state index contributed by atoms with van der Waals surface area (Å²) < 4.78 is 5.56. The molecule has 1 fully saturated rings. The van der Waals surface area contributed by atoms with E-state index in [9.17, 15) is 9.59 Å². The number of amides is 1. The SMILES string of the molecule is CCC1OCCC1C(=O)N(CCC(=O)O)C(C)(C)C. The van der Waals surface area contributed by atoms with Crippen molar-refractivity contribution in [1.82, 2.24) is 4.90 Å². The fourth-order valence-electron chi connectivity index (χ4n) is 2.52. The zero-order valence-corrected chi connectivity index (χ0v) is 12.3. The van der Waals surface area contributed by atoms with Crippen molar-refractivity contribution in [3.05, 3.63) is 0 Å². The van der Waals surface area contributed by atoms with Gasteiger partial charge in [-0.3, -0.25) is 9.59 Å². The van der Waals surface area contributed by atoms with Crippen molar-refractivity contribution in [3.63, 3.8) is 0 Å². The molecule has 19 heavy (non-hydrogen) atoms. The molecular formula is C14H25NO4. The van der Waals surface area contributed by atoms with Crippen molar-refractivity contribution in [2.75, 3.05) is 13.2 Å². The van der Waals surface area contributed by atoms with Crippen LogP contribution in [0.15, 0.2) is 0 Å². The molecule has 0 aromatic rings. The molecule has 5 heteroatoms. The summed E-state index contributed by atoms with van der Waals surface area (Å²) in [5.41, 5.74) is -0.368. The zero-order chi connectivity index (χ0) is 14.6. The Hall–Kier alpha value is -1.10. The van der Waals surface area contributed by atoms with Gasteiger partial charge in [0, 0.05) is 18.7 Å². The van der Waals surface area contributed by atoms with Gasteiger partial charge in [-0.25, -0.2) is 0 Å². The molecule has 0 aliphatic carbocycles. The Kier molecular flexibility index (Phi) is 5.35. The van der Waals surface area contributed by atoms with E-state index in [1.807, 2.05) is 27.7 Å². The van der Waals surface area contributed by atoms with Crippen molar-refractivity contribution >= 4 is 11.9 Å². The fourth-order valence-corrected chi connectivity index (χ4v) is 2.52. The summed E-state index contributed by atoms with van der Waals surface area (Å²) in [4.78, 5) is 25.0. The van der Waals surface area contributed by atoms with Gasteiger partial charge in [0.2, 0.25) is 5.91 Å². The standard InChI is InChI=1S/C14H25NO4/c1-5-11-10(7-9-19-11)13(18)15(14(2,3)4)8-6-12(16)17/h10-11H,5-9H2,1-4H3,(H,16,17). The van der Waals surface area contributed by atoms with E-state index in [1.54, 1.807) is 4.90 Å². The van der Waals surface area contributed by atoms with E-state index < -0.39 is 5.97 Å². The van der Waals surface area contributed by atoms with E-state index in [0.29, 0.717) is 6.61 Å². The van der Waals surface area contributed by atoms with E-state index in [0.717, 1.165) is 12.8 Å². The molecule has 0 radical (unpaired) electrons. The number of carbonyl (C=O) groups excluding carboxylic acids is 1. The molecule has 2 unspecified atom stereocenters. The minimum absolute atomic E-state index is 0.0205. The molecule has 1 aliphatic heterocycles. The molecule has 0 aromatic heterocycles. The lowest BCUT2D eigenvalue weighted by molar-refractivity contribution is -0.144. The number of carboxylic acid groups (broad SMARTS) is 1. The molecule has 1 N–H and O–H groups in total. The van der Waals surface area contributed by atoms with Gasteiger partial charge in [0.15, 0.2) is 0 Å². The van der Waals surface area contributed by atoms with Crippen LogP contribution in [0.5, 0.6) is 0 Å². The minimum Gasteiger partial charge on any atom is -0.481 e. The second-order valence-corrected chi connectivity index (χ2v) is 6.02. The van der Waals surface area contributed by atoms with E-state index in [-0.39, 0.29) is 36.4 Å². The molecule has 0 aromatic carbocycles. The Balaban J connectivity index is 2.79. The summed E-state index contributed by atoms with van der Waals surface area (Å²) >= 11 is 0. The first kappa shape index (κ1) is 16.0. The van der Waals surface area contributed by atoms with Gasteiger partial charge in [0.25, 0.3) is 0 Å². The third-order valence-electron chi connectivity index (χ3n) is 3.55. The molecule has 1 saturated heterocycles. The first-order chi connectivity index (χ1) is 8.77. The van der Waals surface area contributed by atoms with Crippen LogP contribution in [0, 0.1) is 5.92 Å². The highest BCUT2D eigenvalue weighted by atomic mass is 16.5. The van der Waals surface area contributed by atoms with Crippen molar-refractivity contribution in [3.8, 4) is 0 Å². The van der Waals surface area contributed by atoms with Gasteiger partial charge in [-0.2, -0.15) is 0 Å². The Bertz CT molecular complexity index is 335. The van der Waals surface area contributed by atoms with Crippen LogP contribution in [-0.2, 0) is 14.3 Å². The molecule has 110 valence electrons. The number of ether oxygens (including phenoxy) is 1. The van der Waals surface area contributed by atoms with Gasteiger partial charge < -0.3 is 14.7 Å². The van der Waals surface area contributed by atoms with E-state index >= 15 is 0 Å². The summed E-state index contributed by atoms with van der Waals surface area (Å²) in [6.07, 6.45) is 1.50. The lowest BCUT2D eigenvalue weighted by atomic mass is 9.94.